The molecule has 1 unspecified atom stereocenters. The topological polar surface area (TPSA) is 105 Å². The van der Waals surface area contributed by atoms with Crippen LogP contribution in [0.3, 0.4) is 0 Å². The molecule has 2 aromatic rings. The predicted molar refractivity (Wildman–Crippen MR) is 143 cm³/mol. The molecule has 0 radical (unpaired) electrons. The molecule has 1 heterocycles. The molecule has 37 heavy (non-hydrogen) atoms. The molecule has 3 rings (SSSR count). The van der Waals surface area contributed by atoms with Crippen molar-refractivity contribution in [3.8, 4) is 5.75 Å². The van der Waals surface area contributed by atoms with E-state index in [4.69, 9.17) is 9.47 Å². The Morgan fingerprint density at radius 3 is 2.32 bits per heavy atom. The van der Waals surface area contributed by atoms with Crippen molar-refractivity contribution >= 4 is 15.9 Å². The molecule has 1 saturated heterocycles. The van der Waals surface area contributed by atoms with E-state index in [1.807, 2.05) is 51.1 Å². The van der Waals surface area contributed by atoms with Crippen LogP contribution in [0.1, 0.15) is 52.5 Å². The van der Waals surface area contributed by atoms with Crippen molar-refractivity contribution in [2.75, 3.05) is 26.8 Å². The van der Waals surface area contributed by atoms with Crippen molar-refractivity contribution in [3.05, 3.63) is 60.2 Å². The van der Waals surface area contributed by atoms with Gasteiger partial charge in [-0.25, -0.2) is 8.42 Å². The molecule has 1 amide bonds. The number of amides is 1. The van der Waals surface area contributed by atoms with Gasteiger partial charge in [-0.15, -0.1) is 0 Å². The van der Waals surface area contributed by atoms with Crippen LogP contribution < -0.4 is 10.1 Å². The van der Waals surface area contributed by atoms with E-state index in [1.54, 1.807) is 19.1 Å². The SMILES string of the molecule is CCC1(C(=O)N[C@@](C)(c2ccccc2)[C@H](O)CN(CC(C)C)S(=O)(=O)c2ccc(OC)cc2)CCCO1. The Bertz CT molecular complexity index is 1130. The quantitative estimate of drug-likeness (QED) is 0.432. The first kappa shape index (κ1) is 29.1. The van der Waals surface area contributed by atoms with Crippen LogP contribution >= 0.6 is 0 Å². The monoisotopic (exact) mass is 532 g/mol. The molecule has 3 atom stereocenters. The molecule has 0 saturated carbocycles. The number of hydrogen-bond donors (Lipinski definition) is 2. The van der Waals surface area contributed by atoms with Crippen LogP contribution in [-0.2, 0) is 25.1 Å². The maximum Gasteiger partial charge on any atom is 0.253 e. The Kier molecular flexibility index (Phi) is 9.39. The third kappa shape index (κ3) is 6.34. The Balaban J connectivity index is 1.97. The summed E-state index contributed by atoms with van der Waals surface area (Å²) < 4.78 is 39.6. The number of rotatable bonds is 12. The lowest BCUT2D eigenvalue weighted by atomic mass is 9.84. The third-order valence-corrected chi connectivity index (χ3v) is 8.99. The van der Waals surface area contributed by atoms with E-state index in [0.717, 1.165) is 6.42 Å². The van der Waals surface area contributed by atoms with Crippen LogP contribution in [0, 0.1) is 5.92 Å². The van der Waals surface area contributed by atoms with E-state index >= 15 is 0 Å². The van der Waals surface area contributed by atoms with Crippen LogP contribution in [0.2, 0.25) is 0 Å². The molecule has 1 aliphatic rings. The number of nitrogens with one attached hydrogen (secondary N) is 1. The van der Waals surface area contributed by atoms with Crippen LogP contribution in [-0.4, -0.2) is 62.2 Å². The minimum Gasteiger partial charge on any atom is -0.497 e. The van der Waals surface area contributed by atoms with Crippen molar-refractivity contribution in [3.63, 3.8) is 0 Å². The van der Waals surface area contributed by atoms with Gasteiger partial charge in [0.05, 0.1) is 23.6 Å². The second kappa shape index (κ2) is 11.9. The predicted octanol–water partition coefficient (Wildman–Crippen LogP) is 3.69. The minimum absolute atomic E-state index is 0.00745. The van der Waals surface area contributed by atoms with E-state index in [2.05, 4.69) is 5.32 Å². The lowest BCUT2D eigenvalue weighted by molar-refractivity contribution is -0.145. The van der Waals surface area contributed by atoms with Crippen molar-refractivity contribution < 1.29 is 27.8 Å². The average Bonchev–Trinajstić information content (AvgIpc) is 3.39. The molecule has 2 aromatic carbocycles. The Labute approximate surface area is 221 Å². The van der Waals surface area contributed by atoms with Crippen molar-refractivity contribution in [1.82, 2.24) is 9.62 Å². The fourth-order valence-corrected chi connectivity index (χ4v) is 6.36. The van der Waals surface area contributed by atoms with Crippen molar-refractivity contribution in [2.45, 2.75) is 69.1 Å². The lowest BCUT2D eigenvalue weighted by Gasteiger charge is -2.40. The van der Waals surface area contributed by atoms with Gasteiger partial charge in [0.25, 0.3) is 5.91 Å². The number of methoxy groups -OCH3 is 1. The smallest absolute Gasteiger partial charge is 0.253 e. The largest absolute Gasteiger partial charge is 0.497 e. The summed E-state index contributed by atoms with van der Waals surface area (Å²) in [4.78, 5) is 13.7. The van der Waals surface area contributed by atoms with Gasteiger partial charge < -0.3 is 19.9 Å². The fourth-order valence-electron chi connectivity index (χ4n) is 4.75. The first-order valence-electron chi connectivity index (χ1n) is 12.8. The van der Waals surface area contributed by atoms with Gasteiger partial charge in [0.2, 0.25) is 10.0 Å². The third-order valence-electron chi connectivity index (χ3n) is 7.14. The molecule has 204 valence electrons. The van der Waals surface area contributed by atoms with Crippen LogP contribution in [0.25, 0.3) is 0 Å². The van der Waals surface area contributed by atoms with E-state index in [-0.39, 0.29) is 29.8 Å². The fraction of sp³-hybridized carbons (Fsp3) is 0.536. The maximum absolute atomic E-state index is 13.7. The van der Waals surface area contributed by atoms with Crippen LogP contribution in [0.4, 0.5) is 0 Å². The Morgan fingerprint density at radius 1 is 1.16 bits per heavy atom. The first-order chi connectivity index (χ1) is 17.5. The number of sulfonamides is 1. The molecule has 0 spiro atoms. The zero-order valence-corrected chi connectivity index (χ0v) is 23.3. The maximum atomic E-state index is 13.7. The van der Waals surface area contributed by atoms with Gasteiger partial charge in [-0.1, -0.05) is 51.1 Å². The number of carbonyl (C=O) groups excluding carboxylic acids is 1. The normalized spacial score (nSPS) is 20.5. The van der Waals surface area contributed by atoms with Gasteiger partial charge in [-0.3, -0.25) is 4.79 Å². The Morgan fingerprint density at radius 2 is 1.81 bits per heavy atom. The molecular formula is C28H40N2O6S. The summed E-state index contributed by atoms with van der Waals surface area (Å²) in [6.07, 6.45) is 0.641. The van der Waals surface area contributed by atoms with E-state index in [0.29, 0.717) is 30.8 Å². The molecule has 9 heteroatoms. The van der Waals surface area contributed by atoms with Crippen LogP contribution in [0.5, 0.6) is 5.75 Å². The van der Waals surface area contributed by atoms with Gasteiger partial charge >= 0.3 is 0 Å². The molecule has 1 aliphatic heterocycles. The zero-order valence-electron chi connectivity index (χ0n) is 22.4. The van der Waals surface area contributed by atoms with Crippen molar-refractivity contribution in [2.24, 2.45) is 5.92 Å². The second-order valence-electron chi connectivity index (χ2n) is 10.2. The highest BCUT2D eigenvalue weighted by atomic mass is 32.2. The second-order valence-corrected chi connectivity index (χ2v) is 12.2. The van der Waals surface area contributed by atoms with E-state index in [9.17, 15) is 18.3 Å². The van der Waals surface area contributed by atoms with Crippen LogP contribution in [0.15, 0.2) is 59.5 Å². The number of nitrogens with zero attached hydrogens (tertiary/aromatic N) is 1. The number of carbonyl (C=O) groups is 1. The summed E-state index contributed by atoms with van der Waals surface area (Å²) in [5, 5.41) is 14.7. The molecule has 0 aliphatic carbocycles. The number of hydrogen-bond acceptors (Lipinski definition) is 6. The van der Waals surface area contributed by atoms with Gasteiger partial charge in [0, 0.05) is 19.7 Å². The average molecular weight is 533 g/mol. The highest BCUT2D eigenvalue weighted by molar-refractivity contribution is 7.89. The minimum atomic E-state index is -3.94. The van der Waals surface area contributed by atoms with Gasteiger partial charge in [0.15, 0.2) is 0 Å². The van der Waals surface area contributed by atoms with Gasteiger partial charge in [-0.05, 0) is 61.9 Å². The molecule has 2 N–H and O–H groups in total. The number of benzene rings is 2. The van der Waals surface area contributed by atoms with Gasteiger partial charge in [0.1, 0.15) is 11.4 Å². The number of aliphatic hydroxyl groups excluding tert-OH is 1. The molecule has 0 aromatic heterocycles. The molecule has 0 bridgehead atoms. The van der Waals surface area contributed by atoms with E-state index < -0.39 is 27.3 Å². The molecular weight excluding hydrogens is 492 g/mol. The summed E-state index contributed by atoms with van der Waals surface area (Å²) in [5.41, 5.74) is -1.55. The summed E-state index contributed by atoms with van der Waals surface area (Å²) >= 11 is 0. The molecule has 8 nitrogen and oxygen atoms in total. The summed E-state index contributed by atoms with van der Waals surface area (Å²) in [6, 6.07) is 15.3. The summed E-state index contributed by atoms with van der Waals surface area (Å²) in [6.45, 7) is 7.98. The van der Waals surface area contributed by atoms with E-state index in [1.165, 1.54) is 23.5 Å². The summed E-state index contributed by atoms with van der Waals surface area (Å²) in [7, 11) is -2.42. The number of ether oxygens (including phenoxy) is 2. The Hall–Kier alpha value is -2.46. The lowest BCUT2D eigenvalue weighted by Crippen LogP contribution is -2.60. The highest BCUT2D eigenvalue weighted by Crippen LogP contribution is 2.33. The zero-order chi connectivity index (χ0) is 27.3. The standard InChI is InChI=1S/C28H40N2O6S/c1-6-28(17-10-18-36-28)26(32)29-27(4,22-11-8-7-9-12-22)25(31)20-30(19-21(2)3)37(33,34)24-15-13-23(35-5)14-16-24/h7-9,11-16,21,25,31H,6,10,17-20H2,1-5H3,(H,29,32)/t25-,27+,28?/m1/s1. The number of aliphatic hydroxyl groups is 1. The molecule has 1 fully saturated rings. The first-order valence-corrected chi connectivity index (χ1v) is 14.3. The highest BCUT2D eigenvalue weighted by Gasteiger charge is 2.46. The summed E-state index contributed by atoms with van der Waals surface area (Å²) in [5.74, 6) is 0.257. The van der Waals surface area contributed by atoms with Gasteiger partial charge in [-0.2, -0.15) is 4.31 Å². The van der Waals surface area contributed by atoms with Crippen molar-refractivity contribution in [1.29, 1.82) is 0 Å².